The van der Waals surface area contributed by atoms with Gasteiger partial charge in [-0.3, -0.25) is 0 Å². The zero-order chi connectivity index (χ0) is 8.97. The van der Waals surface area contributed by atoms with Crippen molar-refractivity contribution in [2.24, 2.45) is 0 Å². The summed E-state index contributed by atoms with van der Waals surface area (Å²) < 4.78 is 9.85. The number of anilines is 2. The zero-order valence-electron chi connectivity index (χ0n) is 7.15. The van der Waals surface area contributed by atoms with Gasteiger partial charge in [0, 0.05) is 20.7 Å². The third-order valence-corrected chi connectivity index (χ3v) is 1.39. The molecule has 0 bridgehead atoms. The molecule has 0 saturated carbocycles. The van der Waals surface area contributed by atoms with Gasteiger partial charge in [-0.2, -0.15) is 0 Å². The molecule has 0 aliphatic rings. The van der Waals surface area contributed by atoms with Crippen molar-refractivity contribution in [1.82, 2.24) is 10.2 Å². The van der Waals surface area contributed by atoms with E-state index in [4.69, 9.17) is 14.9 Å². The van der Waals surface area contributed by atoms with Crippen LogP contribution >= 0.6 is 0 Å². The Labute approximate surface area is 70.3 Å². The molecule has 0 fully saturated rings. The van der Waals surface area contributed by atoms with Crippen LogP contribution in [-0.4, -0.2) is 37.5 Å². The summed E-state index contributed by atoms with van der Waals surface area (Å²) in [5.41, 5.74) is 5.25. The highest BCUT2D eigenvalue weighted by molar-refractivity contribution is 5.25. The summed E-state index contributed by atoms with van der Waals surface area (Å²) in [6.07, 6.45) is 0. The molecule has 0 aromatic carbocycles. The van der Waals surface area contributed by atoms with Crippen molar-refractivity contribution in [3.05, 3.63) is 0 Å². The van der Waals surface area contributed by atoms with Crippen LogP contribution < -0.4 is 10.6 Å². The maximum atomic E-state index is 5.25. The summed E-state index contributed by atoms with van der Waals surface area (Å²) in [5, 5.41) is 7.22. The van der Waals surface area contributed by atoms with Gasteiger partial charge >= 0.3 is 12.0 Å². The van der Waals surface area contributed by atoms with Crippen LogP contribution in [0.1, 0.15) is 0 Å². The molecule has 1 heterocycles. The van der Waals surface area contributed by atoms with Crippen LogP contribution in [0.5, 0.6) is 0 Å². The Bertz CT molecular complexity index is 237. The molecule has 1 aromatic rings. The van der Waals surface area contributed by atoms with E-state index < -0.39 is 0 Å². The SMILES string of the molecule is COCCN(C)c1nnc(N)o1. The lowest BCUT2D eigenvalue weighted by Crippen LogP contribution is -2.22. The first-order valence-electron chi connectivity index (χ1n) is 3.53. The van der Waals surface area contributed by atoms with Crippen LogP contribution in [0.2, 0.25) is 0 Å². The first-order valence-corrected chi connectivity index (χ1v) is 3.53. The van der Waals surface area contributed by atoms with Gasteiger partial charge in [-0.25, -0.2) is 0 Å². The predicted octanol–water partition coefficient (Wildman–Crippen LogP) is -0.266. The Morgan fingerprint density at radius 1 is 1.58 bits per heavy atom. The third kappa shape index (κ3) is 2.09. The van der Waals surface area contributed by atoms with Gasteiger partial charge in [-0.1, -0.05) is 10.2 Å². The molecule has 6 nitrogen and oxygen atoms in total. The van der Waals surface area contributed by atoms with Crippen LogP contribution in [0.15, 0.2) is 4.42 Å². The molecule has 2 N–H and O–H groups in total. The largest absolute Gasteiger partial charge is 0.390 e. The van der Waals surface area contributed by atoms with Crippen LogP contribution in [-0.2, 0) is 4.74 Å². The number of likely N-dealkylation sites (N-methyl/N-ethyl adjacent to an activating group) is 1. The van der Waals surface area contributed by atoms with E-state index in [0.717, 1.165) is 0 Å². The summed E-state index contributed by atoms with van der Waals surface area (Å²) in [6, 6.07) is 0.485. The average molecular weight is 172 g/mol. The third-order valence-electron chi connectivity index (χ3n) is 1.39. The highest BCUT2D eigenvalue weighted by atomic mass is 16.5. The van der Waals surface area contributed by atoms with E-state index in [0.29, 0.717) is 19.2 Å². The monoisotopic (exact) mass is 172 g/mol. The number of ether oxygens (including phenoxy) is 1. The molecule has 6 heteroatoms. The van der Waals surface area contributed by atoms with Crippen LogP contribution in [0.4, 0.5) is 12.0 Å². The van der Waals surface area contributed by atoms with Crippen molar-refractivity contribution < 1.29 is 9.15 Å². The fourth-order valence-electron chi connectivity index (χ4n) is 0.705. The van der Waals surface area contributed by atoms with Crippen molar-refractivity contribution in [1.29, 1.82) is 0 Å². The highest BCUT2D eigenvalue weighted by Crippen LogP contribution is 2.10. The summed E-state index contributed by atoms with van der Waals surface area (Å²) >= 11 is 0. The van der Waals surface area contributed by atoms with Gasteiger partial charge in [0.2, 0.25) is 0 Å². The average Bonchev–Trinajstić information content (AvgIpc) is 2.47. The number of hydrogen-bond donors (Lipinski definition) is 1. The maximum absolute atomic E-state index is 5.25. The molecule has 0 radical (unpaired) electrons. The van der Waals surface area contributed by atoms with E-state index in [2.05, 4.69) is 10.2 Å². The summed E-state index contributed by atoms with van der Waals surface area (Å²) in [5.74, 6) is 0. The summed E-state index contributed by atoms with van der Waals surface area (Å²) in [7, 11) is 3.46. The molecule has 1 rings (SSSR count). The van der Waals surface area contributed by atoms with Gasteiger partial charge in [-0.15, -0.1) is 0 Å². The first kappa shape index (κ1) is 8.79. The molecule has 68 valence electrons. The van der Waals surface area contributed by atoms with Crippen molar-refractivity contribution >= 4 is 12.0 Å². The Morgan fingerprint density at radius 2 is 2.33 bits per heavy atom. The van der Waals surface area contributed by atoms with E-state index in [-0.39, 0.29) is 6.01 Å². The predicted molar refractivity (Wildman–Crippen MR) is 43.9 cm³/mol. The molecule has 0 saturated heterocycles. The molecular weight excluding hydrogens is 160 g/mol. The van der Waals surface area contributed by atoms with Crippen LogP contribution in [0.3, 0.4) is 0 Å². The van der Waals surface area contributed by atoms with E-state index in [1.54, 1.807) is 12.0 Å². The van der Waals surface area contributed by atoms with Crippen LogP contribution in [0, 0.1) is 0 Å². The smallest absolute Gasteiger partial charge is 0.319 e. The minimum absolute atomic E-state index is 0.0780. The van der Waals surface area contributed by atoms with Crippen molar-refractivity contribution in [3.63, 3.8) is 0 Å². The lowest BCUT2D eigenvalue weighted by molar-refractivity contribution is 0.205. The van der Waals surface area contributed by atoms with Gasteiger partial charge in [0.05, 0.1) is 6.61 Å². The Morgan fingerprint density at radius 3 is 2.83 bits per heavy atom. The number of methoxy groups -OCH3 is 1. The molecular formula is C6H12N4O2. The fourth-order valence-corrected chi connectivity index (χ4v) is 0.705. The molecule has 0 amide bonds. The van der Waals surface area contributed by atoms with E-state index in [9.17, 15) is 0 Å². The molecule has 0 spiro atoms. The second-order valence-corrected chi connectivity index (χ2v) is 2.34. The number of nitrogen functional groups attached to an aromatic ring is 1. The second kappa shape index (κ2) is 3.91. The van der Waals surface area contributed by atoms with Gasteiger partial charge in [0.1, 0.15) is 0 Å². The standard InChI is InChI=1S/C6H12N4O2/c1-10(3-4-11-2)6-9-8-5(7)12-6/h3-4H2,1-2H3,(H2,7,8). The minimum atomic E-state index is 0.0780. The van der Waals surface area contributed by atoms with E-state index in [1.807, 2.05) is 7.05 Å². The summed E-state index contributed by atoms with van der Waals surface area (Å²) in [6.45, 7) is 1.30. The van der Waals surface area contributed by atoms with E-state index in [1.165, 1.54) is 0 Å². The first-order chi connectivity index (χ1) is 5.74. The van der Waals surface area contributed by atoms with Crippen molar-refractivity contribution in [2.45, 2.75) is 0 Å². The zero-order valence-corrected chi connectivity index (χ0v) is 7.15. The molecule has 0 unspecified atom stereocenters. The van der Waals surface area contributed by atoms with E-state index >= 15 is 0 Å². The molecule has 0 atom stereocenters. The molecule has 0 aliphatic heterocycles. The Kier molecular flexibility index (Phi) is 2.87. The number of nitrogens with zero attached hydrogens (tertiary/aromatic N) is 3. The maximum Gasteiger partial charge on any atom is 0.319 e. The van der Waals surface area contributed by atoms with Crippen molar-refractivity contribution in [2.75, 3.05) is 37.9 Å². The fraction of sp³-hybridized carbons (Fsp3) is 0.667. The normalized spacial score (nSPS) is 10.2. The van der Waals surface area contributed by atoms with Gasteiger partial charge < -0.3 is 19.8 Å². The van der Waals surface area contributed by atoms with Gasteiger partial charge in [0.25, 0.3) is 0 Å². The number of aromatic nitrogens is 2. The number of nitrogens with two attached hydrogens (primary N) is 1. The van der Waals surface area contributed by atoms with Crippen molar-refractivity contribution in [3.8, 4) is 0 Å². The number of hydrogen-bond acceptors (Lipinski definition) is 6. The molecule has 1 aromatic heterocycles. The number of rotatable bonds is 4. The van der Waals surface area contributed by atoms with Gasteiger partial charge in [-0.05, 0) is 0 Å². The minimum Gasteiger partial charge on any atom is -0.390 e. The topological polar surface area (TPSA) is 77.4 Å². The Hall–Kier alpha value is -1.30. The second-order valence-electron chi connectivity index (χ2n) is 2.34. The molecule has 12 heavy (non-hydrogen) atoms. The Balaban J connectivity index is 2.47. The highest BCUT2D eigenvalue weighted by Gasteiger charge is 2.07. The van der Waals surface area contributed by atoms with Crippen LogP contribution in [0.25, 0.3) is 0 Å². The lowest BCUT2D eigenvalue weighted by atomic mass is 10.6. The summed E-state index contributed by atoms with van der Waals surface area (Å²) in [4.78, 5) is 1.77. The molecule has 0 aliphatic carbocycles. The lowest BCUT2D eigenvalue weighted by Gasteiger charge is -2.11. The van der Waals surface area contributed by atoms with Gasteiger partial charge in [0.15, 0.2) is 0 Å². The quantitative estimate of drug-likeness (QED) is 0.673.